The van der Waals surface area contributed by atoms with Crippen molar-refractivity contribution in [3.8, 4) is 0 Å². The van der Waals surface area contributed by atoms with E-state index < -0.39 is 109 Å². The van der Waals surface area contributed by atoms with Gasteiger partial charge in [0.15, 0.2) is 12.6 Å². The van der Waals surface area contributed by atoms with E-state index in [1.165, 1.54) is 6.92 Å². The van der Waals surface area contributed by atoms with Gasteiger partial charge in [0.1, 0.15) is 61.0 Å². The Hall–Kier alpha value is -1.80. The third kappa shape index (κ3) is 6.54. The summed E-state index contributed by atoms with van der Waals surface area (Å²) in [6.07, 6.45) is -8.41. The lowest BCUT2D eigenvalue weighted by Gasteiger charge is -2.62. The molecule has 58 heavy (non-hydrogen) atoms. The first-order valence-electron chi connectivity index (χ1n) is 21.3. The summed E-state index contributed by atoms with van der Waals surface area (Å²) in [7, 11) is 0. The Morgan fingerprint density at radius 1 is 0.810 bits per heavy atom. The minimum absolute atomic E-state index is 0.0137. The van der Waals surface area contributed by atoms with Crippen molar-refractivity contribution >= 4 is 11.9 Å². The van der Waals surface area contributed by atoms with Crippen LogP contribution in [-0.2, 0) is 38.0 Å². The summed E-state index contributed by atoms with van der Waals surface area (Å²) in [6.45, 7) is 8.26. The van der Waals surface area contributed by atoms with E-state index in [4.69, 9.17) is 28.4 Å². The molecule has 4 saturated carbocycles. The maximum Gasteiger partial charge on any atom is 0.315 e. The van der Waals surface area contributed by atoms with Gasteiger partial charge in [-0.15, -0.1) is 0 Å². The lowest BCUT2D eigenvalue weighted by Crippen LogP contribution is -2.66. The number of fused-ring (bicyclic) bond motifs is 8. The third-order valence-corrected chi connectivity index (χ3v) is 16.9. The normalized spacial score (nSPS) is 55.1. The molecule has 9 rings (SSSR count). The predicted molar refractivity (Wildman–Crippen MR) is 199 cm³/mol. The molecule has 4 aliphatic heterocycles. The van der Waals surface area contributed by atoms with Gasteiger partial charge in [-0.2, -0.15) is 0 Å². The van der Waals surface area contributed by atoms with E-state index in [-0.39, 0.29) is 35.7 Å². The van der Waals surface area contributed by atoms with Gasteiger partial charge >= 0.3 is 11.9 Å². The zero-order chi connectivity index (χ0) is 41.9. The van der Waals surface area contributed by atoms with Crippen LogP contribution in [0.3, 0.4) is 0 Å². The van der Waals surface area contributed by atoms with Crippen molar-refractivity contribution < 1.29 is 78.9 Å². The highest BCUT2D eigenvalue weighted by molar-refractivity contribution is 5.80. The number of rotatable bonds is 8. The van der Waals surface area contributed by atoms with Crippen molar-refractivity contribution in [1.82, 2.24) is 0 Å². The molecule has 5 aliphatic carbocycles. The molecule has 8 N–H and O–H groups in total. The monoisotopic (exact) mass is 824 g/mol. The second-order valence-corrected chi connectivity index (χ2v) is 19.8. The first kappa shape index (κ1) is 42.9. The molecule has 328 valence electrons. The van der Waals surface area contributed by atoms with Crippen molar-refractivity contribution in [2.45, 2.75) is 178 Å². The van der Waals surface area contributed by atoms with Crippen LogP contribution >= 0.6 is 0 Å². The molecule has 8 fully saturated rings. The second-order valence-electron chi connectivity index (χ2n) is 19.8. The van der Waals surface area contributed by atoms with Crippen LogP contribution in [0.25, 0.3) is 0 Å². The molecule has 4 heterocycles. The Kier molecular flexibility index (Phi) is 11.3. The number of allylic oxidation sites excluding steroid dienone is 1. The van der Waals surface area contributed by atoms with Crippen LogP contribution in [0.2, 0.25) is 0 Å². The Bertz CT molecular complexity index is 1600. The van der Waals surface area contributed by atoms with Crippen LogP contribution in [0, 0.1) is 45.8 Å². The Labute approximate surface area is 338 Å². The summed E-state index contributed by atoms with van der Waals surface area (Å²) in [5, 5.41) is 84.4. The second kappa shape index (κ2) is 15.2. The van der Waals surface area contributed by atoms with Crippen LogP contribution in [0.15, 0.2) is 11.6 Å². The van der Waals surface area contributed by atoms with Crippen molar-refractivity contribution in [2.75, 3.05) is 13.2 Å². The predicted octanol–water partition coefficient (Wildman–Crippen LogP) is 0.209. The smallest absolute Gasteiger partial charge is 0.315 e. The molecule has 16 heteroatoms. The average Bonchev–Trinajstić information content (AvgIpc) is 3.52. The van der Waals surface area contributed by atoms with Gasteiger partial charge in [-0.3, -0.25) is 9.59 Å². The number of carbonyl (C=O) groups excluding carboxylic acids is 2. The number of aliphatic hydroxyl groups is 8. The van der Waals surface area contributed by atoms with Crippen LogP contribution in [0.5, 0.6) is 0 Å². The first-order chi connectivity index (χ1) is 27.3. The molecule has 22 atom stereocenters. The van der Waals surface area contributed by atoms with E-state index in [1.807, 2.05) is 6.92 Å². The summed E-state index contributed by atoms with van der Waals surface area (Å²) in [5.74, 6) is 0.744. The van der Waals surface area contributed by atoms with Gasteiger partial charge in [-0.1, -0.05) is 25.5 Å². The van der Waals surface area contributed by atoms with Crippen LogP contribution in [-0.4, -0.2) is 151 Å². The molecule has 0 aromatic rings. The maximum atomic E-state index is 13.0. The van der Waals surface area contributed by atoms with Gasteiger partial charge in [0.25, 0.3) is 0 Å². The van der Waals surface area contributed by atoms with E-state index in [9.17, 15) is 50.4 Å². The van der Waals surface area contributed by atoms with Gasteiger partial charge in [0.05, 0.1) is 30.3 Å². The molecule has 0 amide bonds. The van der Waals surface area contributed by atoms with Crippen molar-refractivity contribution in [3.63, 3.8) is 0 Å². The number of carbonyl (C=O) groups is 2. The van der Waals surface area contributed by atoms with Crippen LogP contribution in [0.1, 0.15) is 92.4 Å². The minimum atomic E-state index is -1.80. The van der Waals surface area contributed by atoms with Crippen molar-refractivity contribution in [1.29, 1.82) is 0 Å². The third-order valence-electron chi connectivity index (χ3n) is 16.9. The van der Waals surface area contributed by atoms with E-state index in [0.29, 0.717) is 37.0 Å². The first-order valence-corrected chi connectivity index (χ1v) is 21.3. The van der Waals surface area contributed by atoms with Crippen molar-refractivity contribution in [3.05, 3.63) is 11.6 Å². The maximum absolute atomic E-state index is 13.0. The number of hydrogen-bond acceptors (Lipinski definition) is 16. The number of esters is 2. The fraction of sp³-hybridized carbons (Fsp3) is 0.905. The Balaban J connectivity index is 1.03. The van der Waals surface area contributed by atoms with Crippen LogP contribution < -0.4 is 0 Å². The lowest BCUT2D eigenvalue weighted by atomic mass is 9.45. The number of ether oxygens (including phenoxy) is 6. The van der Waals surface area contributed by atoms with Gasteiger partial charge in [-0.05, 0) is 87.9 Å². The highest BCUT2D eigenvalue weighted by atomic mass is 16.8. The van der Waals surface area contributed by atoms with E-state index >= 15 is 0 Å². The highest BCUT2D eigenvalue weighted by Gasteiger charge is 2.68. The van der Waals surface area contributed by atoms with Crippen LogP contribution in [0.4, 0.5) is 0 Å². The molecule has 0 radical (unpaired) electrons. The zero-order valence-electron chi connectivity index (χ0n) is 34.1. The van der Waals surface area contributed by atoms with Gasteiger partial charge in [-0.25, -0.2) is 0 Å². The molecule has 16 nitrogen and oxygen atoms in total. The quantitative estimate of drug-likeness (QED) is 0.120. The highest BCUT2D eigenvalue weighted by Crippen LogP contribution is 2.69. The van der Waals surface area contributed by atoms with Gasteiger partial charge in [0, 0.05) is 31.1 Å². The lowest BCUT2D eigenvalue weighted by molar-refractivity contribution is -0.372. The van der Waals surface area contributed by atoms with Gasteiger partial charge in [0.2, 0.25) is 0 Å². The van der Waals surface area contributed by atoms with Crippen molar-refractivity contribution in [2.24, 2.45) is 45.8 Å². The summed E-state index contributed by atoms with van der Waals surface area (Å²) in [4.78, 5) is 25.8. The SMILES string of the molecule is CC(=O)O[C@H]1C[C@H](O[C@@H]2O[C@H](CO)[C@@H](O)[C@H](O)[C@H]2O[C@@H]2O[C@H](CO)[C@@H](O)[C@H](O)[C@H]2O)CC2=CC[C@H]3[C@@H]4CC[C@H]([C@@H]5C[C@@]6(C)C(=O)O[C@@H]5C[C@@]6(C)O)[C@@]4(C)CC[C@@H]3[C@]21C. The Morgan fingerprint density at radius 2 is 1.45 bits per heavy atom. The average molecular weight is 825 g/mol. The molecular weight excluding hydrogens is 760 g/mol. The molecule has 2 bridgehead atoms. The molecular formula is C42H64O16. The summed E-state index contributed by atoms with van der Waals surface area (Å²) < 4.78 is 36.1. The fourth-order valence-electron chi connectivity index (χ4n) is 13.4. The summed E-state index contributed by atoms with van der Waals surface area (Å²) in [6, 6.07) is 0. The molecule has 0 spiro atoms. The number of hydrogen-bond donors (Lipinski definition) is 8. The Morgan fingerprint density at radius 3 is 2.09 bits per heavy atom. The fourth-order valence-corrected chi connectivity index (χ4v) is 13.4. The minimum Gasteiger partial charge on any atom is -0.462 e. The van der Waals surface area contributed by atoms with E-state index in [1.54, 1.807) is 6.92 Å². The van der Waals surface area contributed by atoms with E-state index in [0.717, 1.165) is 37.7 Å². The topological polar surface area (TPSA) is 251 Å². The molecule has 0 aromatic carbocycles. The zero-order valence-corrected chi connectivity index (χ0v) is 34.1. The molecule has 4 saturated heterocycles. The molecule has 0 unspecified atom stereocenters. The molecule has 0 aromatic heterocycles. The molecule has 9 aliphatic rings. The largest absolute Gasteiger partial charge is 0.462 e. The summed E-state index contributed by atoms with van der Waals surface area (Å²) >= 11 is 0. The standard InChI is InChI=1S/C42H64O16/c1-18(45)53-29-13-20(54-37-35(33(49)31(47)28(17-44)56-37)58-36-34(50)32(48)30(46)27(16-43)55-36)12-19-6-7-21-23-8-9-24(39(23,2)11-10-25(21)42(19,29)5)22-14-40(3)38(51)57-26(22)15-41(40,4)52/h6,20-37,43-44,46-50,52H,7-17H2,1-5H3/t20-,21+,22+,23+,24-,25+,26-,27-,28-,29+,30-,31-,32+,33+,34-,35-,36+,37-,39+,40+,41-,42+/m1/s1. The van der Waals surface area contributed by atoms with E-state index in [2.05, 4.69) is 19.9 Å². The number of aliphatic hydroxyl groups excluding tert-OH is 7. The summed E-state index contributed by atoms with van der Waals surface area (Å²) in [5.41, 5.74) is -1.45. The van der Waals surface area contributed by atoms with Gasteiger partial charge < -0.3 is 69.3 Å².